The third kappa shape index (κ3) is 3.77. The van der Waals surface area contributed by atoms with Crippen LogP contribution in [0.15, 0.2) is 29.2 Å². The zero-order chi connectivity index (χ0) is 12.0. The zero-order valence-electron chi connectivity index (χ0n) is 9.82. The second-order valence-corrected chi connectivity index (χ2v) is 4.74. The molecule has 0 saturated heterocycles. The molecule has 16 heavy (non-hydrogen) atoms. The van der Waals surface area contributed by atoms with Crippen molar-refractivity contribution in [3.8, 4) is 5.75 Å². The highest BCUT2D eigenvalue weighted by molar-refractivity contribution is 8.00. The fourth-order valence-corrected chi connectivity index (χ4v) is 2.12. The van der Waals surface area contributed by atoms with Gasteiger partial charge in [-0.3, -0.25) is 4.79 Å². The van der Waals surface area contributed by atoms with Crippen molar-refractivity contribution >= 4 is 17.7 Å². The molecule has 0 aliphatic carbocycles. The number of carbonyl (C=O) groups is 1. The van der Waals surface area contributed by atoms with Crippen molar-refractivity contribution in [1.82, 2.24) is 5.32 Å². The summed E-state index contributed by atoms with van der Waals surface area (Å²) >= 11 is 1.54. The first-order valence-electron chi connectivity index (χ1n) is 5.25. The lowest BCUT2D eigenvalue weighted by atomic mass is 10.3. The Hall–Kier alpha value is -1.16. The van der Waals surface area contributed by atoms with Gasteiger partial charge in [0.25, 0.3) is 0 Å². The topological polar surface area (TPSA) is 38.3 Å². The Kier molecular flexibility index (Phi) is 5.19. The maximum atomic E-state index is 11.5. The molecule has 4 heteroatoms. The third-order valence-corrected chi connectivity index (χ3v) is 3.20. The standard InChI is InChI=1S/C12H17NO2S/c1-4-13-12(14)9(2)16-11-7-5-10(15-3)6-8-11/h5-9H,4H2,1-3H3,(H,13,14)/t9-/m1/s1. The minimum absolute atomic E-state index is 0.0725. The van der Waals surface area contributed by atoms with Gasteiger partial charge in [-0.05, 0) is 38.1 Å². The number of carbonyl (C=O) groups excluding carboxylic acids is 1. The van der Waals surface area contributed by atoms with Gasteiger partial charge in [0, 0.05) is 11.4 Å². The molecule has 3 nitrogen and oxygen atoms in total. The van der Waals surface area contributed by atoms with Gasteiger partial charge in [-0.15, -0.1) is 11.8 Å². The molecule has 0 saturated carbocycles. The van der Waals surface area contributed by atoms with Crippen molar-refractivity contribution < 1.29 is 9.53 Å². The van der Waals surface area contributed by atoms with Gasteiger partial charge in [0.15, 0.2) is 0 Å². The third-order valence-electron chi connectivity index (χ3n) is 2.09. The predicted molar refractivity (Wildman–Crippen MR) is 67.0 cm³/mol. The monoisotopic (exact) mass is 239 g/mol. The highest BCUT2D eigenvalue weighted by Gasteiger charge is 2.12. The number of ether oxygens (including phenoxy) is 1. The summed E-state index contributed by atoms with van der Waals surface area (Å²) in [6, 6.07) is 7.71. The number of thioether (sulfide) groups is 1. The van der Waals surface area contributed by atoms with E-state index in [9.17, 15) is 4.79 Å². The fourth-order valence-electron chi connectivity index (χ4n) is 1.23. The second kappa shape index (κ2) is 6.43. The SMILES string of the molecule is CCNC(=O)[C@@H](C)Sc1ccc(OC)cc1. The highest BCUT2D eigenvalue weighted by Crippen LogP contribution is 2.25. The molecule has 1 amide bonds. The lowest BCUT2D eigenvalue weighted by Crippen LogP contribution is -2.30. The molecular weight excluding hydrogens is 222 g/mol. The molecule has 1 rings (SSSR count). The van der Waals surface area contributed by atoms with Crippen LogP contribution in [0.4, 0.5) is 0 Å². The van der Waals surface area contributed by atoms with Gasteiger partial charge in [0.2, 0.25) is 5.91 Å². The molecule has 1 atom stereocenters. The number of nitrogens with one attached hydrogen (secondary N) is 1. The summed E-state index contributed by atoms with van der Waals surface area (Å²) < 4.78 is 5.07. The van der Waals surface area contributed by atoms with E-state index in [1.165, 1.54) is 0 Å². The van der Waals surface area contributed by atoms with Crippen LogP contribution in [0, 0.1) is 0 Å². The van der Waals surface area contributed by atoms with Crippen LogP contribution in [0.1, 0.15) is 13.8 Å². The molecule has 0 aromatic heterocycles. The van der Waals surface area contributed by atoms with E-state index in [1.807, 2.05) is 38.1 Å². The predicted octanol–water partition coefficient (Wildman–Crippen LogP) is 2.31. The van der Waals surface area contributed by atoms with Crippen molar-refractivity contribution in [3.05, 3.63) is 24.3 Å². The Morgan fingerprint density at radius 1 is 1.44 bits per heavy atom. The molecule has 1 aromatic carbocycles. The first-order chi connectivity index (χ1) is 7.67. The average molecular weight is 239 g/mol. The first-order valence-corrected chi connectivity index (χ1v) is 6.13. The van der Waals surface area contributed by atoms with E-state index in [0.717, 1.165) is 10.6 Å². The van der Waals surface area contributed by atoms with Crippen LogP contribution in [-0.2, 0) is 4.79 Å². The lowest BCUT2D eigenvalue weighted by molar-refractivity contribution is -0.120. The van der Waals surface area contributed by atoms with Gasteiger partial charge in [0.05, 0.1) is 12.4 Å². The number of hydrogen-bond donors (Lipinski definition) is 1. The second-order valence-electron chi connectivity index (χ2n) is 3.33. The van der Waals surface area contributed by atoms with Gasteiger partial charge in [-0.1, -0.05) is 0 Å². The Labute approximate surface area is 101 Å². The highest BCUT2D eigenvalue weighted by atomic mass is 32.2. The molecular formula is C12H17NO2S. The number of benzene rings is 1. The van der Waals surface area contributed by atoms with Crippen LogP contribution < -0.4 is 10.1 Å². The molecule has 0 fully saturated rings. The summed E-state index contributed by atoms with van der Waals surface area (Å²) in [5, 5.41) is 2.73. The van der Waals surface area contributed by atoms with Crippen LogP contribution in [0.2, 0.25) is 0 Å². The Balaban J connectivity index is 2.55. The molecule has 0 aliphatic rings. The van der Waals surface area contributed by atoms with Crippen molar-refractivity contribution in [1.29, 1.82) is 0 Å². The molecule has 0 heterocycles. The number of methoxy groups -OCH3 is 1. The number of rotatable bonds is 5. The van der Waals surface area contributed by atoms with Crippen LogP contribution in [0.25, 0.3) is 0 Å². The largest absolute Gasteiger partial charge is 0.497 e. The van der Waals surface area contributed by atoms with Gasteiger partial charge >= 0.3 is 0 Å². The zero-order valence-corrected chi connectivity index (χ0v) is 10.6. The summed E-state index contributed by atoms with van der Waals surface area (Å²) in [5.74, 6) is 0.901. The van der Waals surface area contributed by atoms with E-state index in [4.69, 9.17) is 4.74 Å². The average Bonchev–Trinajstić information content (AvgIpc) is 2.30. The van der Waals surface area contributed by atoms with Crippen LogP contribution in [0.5, 0.6) is 5.75 Å². The maximum absolute atomic E-state index is 11.5. The summed E-state index contributed by atoms with van der Waals surface area (Å²) in [6.45, 7) is 4.49. The molecule has 88 valence electrons. The van der Waals surface area contributed by atoms with Crippen molar-refractivity contribution in [2.45, 2.75) is 24.0 Å². The molecule has 1 N–H and O–H groups in total. The molecule has 0 bridgehead atoms. The minimum Gasteiger partial charge on any atom is -0.497 e. The van der Waals surface area contributed by atoms with E-state index in [2.05, 4.69) is 5.32 Å². The van der Waals surface area contributed by atoms with Crippen LogP contribution >= 0.6 is 11.8 Å². The summed E-state index contributed by atoms with van der Waals surface area (Å²) in [7, 11) is 1.64. The molecule has 0 unspecified atom stereocenters. The Morgan fingerprint density at radius 2 is 2.06 bits per heavy atom. The van der Waals surface area contributed by atoms with E-state index >= 15 is 0 Å². The quantitative estimate of drug-likeness (QED) is 0.801. The molecule has 0 spiro atoms. The molecule has 1 aromatic rings. The number of amides is 1. The summed E-state index contributed by atoms with van der Waals surface area (Å²) in [5.41, 5.74) is 0. The summed E-state index contributed by atoms with van der Waals surface area (Å²) in [4.78, 5) is 12.6. The minimum atomic E-state index is -0.0756. The number of hydrogen-bond acceptors (Lipinski definition) is 3. The van der Waals surface area contributed by atoms with Crippen molar-refractivity contribution in [3.63, 3.8) is 0 Å². The van der Waals surface area contributed by atoms with Crippen LogP contribution in [-0.4, -0.2) is 24.8 Å². The van der Waals surface area contributed by atoms with E-state index in [0.29, 0.717) is 6.54 Å². The van der Waals surface area contributed by atoms with Gasteiger partial charge in [-0.2, -0.15) is 0 Å². The van der Waals surface area contributed by atoms with Gasteiger partial charge in [0.1, 0.15) is 5.75 Å². The van der Waals surface area contributed by atoms with E-state index < -0.39 is 0 Å². The molecule has 0 radical (unpaired) electrons. The van der Waals surface area contributed by atoms with E-state index in [-0.39, 0.29) is 11.2 Å². The molecule has 0 aliphatic heterocycles. The lowest BCUT2D eigenvalue weighted by Gasteiger charge is -2.10. The first kappa shape index (κ1) is 12.9. The van der Waals surface area contributed by atoms with E-state index in [1.54, 1.807) is 18.9 Å². The summed E-state index contributed by atoms with van der Waals surface area (Å²) in [6.07, 6.45) is 0. The van der Waals surface area contributed by atoms with Crippen molar-refractivity contribution in [2.24, 2.45) is 0 Å². The maximum Gasteiger partial charge on any atom is 0.233 e. The Bertz CT molecular complexity index is 337. The van der Waals surface area contributed by atoms with Gasteiger partial charge in [-0.25, -0.2) is 0 Å². The smallest absolute Gasteiger partial charge is 0.233 e. The van der Waals surface area contributed by atoms with Crippen molar-refractivity contribution in [2.75, 3.05) is 13.7 Å². The Morgan fingerprint density at radius 3 is 2.56 bits per heavy atom. The normalized spacial score (nSPS) is 11.9. The van der Waals surface area contributed by atoms with Gasteiger partial charge < -0.3 is 10.1 Å². The van der Waals surface area contributed by atoms with Crippen LogP contribution in [0.3, 0.4) is 0 Å². The fraction of sp³-hybridized carbons (Fsp3) is 0.417.